The molecule has 0 bridgehead atoms. The van der Waals surface area contributed by atoms with Crippen molar-refractivity contribution < 1.29 is 19.7 Å². The molecule has 9 heteroatoms. The second kappa shape index (κ2) is 9.07. The lowest BCUT2D eigenvalue weighted by Gasteiger charge is -2.22. The van der Waals surface area contributed by atoms with Gasteiger partial charge in [0, 0.05) is 12.0 Å². The lowest BCUT2D eigenvalue weighted by atomic mass is 10.1. The molecule has 0 radical (unpaired) electrons. The predicted molar refractivity (Wildman–Crippen MR) is 120 cm³/mol. The molecule has 3 heterocycles. The van der Waals surface area contributed by atoms with Crippen LogP contribution in [0.3, 0.4) is 0 Å². The number of imidazole rings is 1. The molecule has 2 N–H and O–H groups in total. The maximum absolute atomic E-state index is 13.5. The summed E-state index contributed by atoms with van der Waals surface area (Å²) in [6.07, 6.45) is 1.27. The molecule has 33 heavy (non-hydrogen) atoms. The fourth-order valence-corrected chi connectivity index (χ4v) is 4.04. The topological polar surface area (TPSA) is 114 Å². The molecular weight excluding hydrogens is 422 g/mol. The molecule has 1 amide bonds. The summed E-state index contributed by atoms with van der Waals surface area (Å²) in [6.45, 7) is 0.0275. The lowest BCUT2D eigenvalue weighted by Crippen LogP contribution is -2.31. The van der Waals surface area contributed by atoms with Gasteiger partial charge in [-0.05, 0) is 17.7 Å². The zero-order valence-electron chi connectivity index (χ0n) is 17.7. The van der Waals surface area contributed by atoms with Crippen molar-refractivity contribution in [3.8, 4) is 0 Å². The first kappa shape index (κ1) is 21.2. The van der Waals surface area contributed by atoms with E-state index in [9.17, 15) is 15.0 Å². The van der Waals surface area contributed by atoms with Crippen LogP contribution in [0.5, 0.6) is 0 Å². The summed E-state index contributed by atoms with van der Waals surface area (Å²) in [5.41, 5.74) is 2.41. The van der Waals surface area contributed by atoms with Crippen molar-refractivity contribution in [3.63, 3.8) is 0 Å². The van der Waals surface area contributed by atoms with Crippen LogP contribution in [-0.4, -0.2) is 54.5 Å². The van der Waals surface area contributed by atoms with E-state index in [2.05, 4.69) is 15.0 Å². The van der Waals surface area contributed by atoms with Gasteiger partial charge >= 0.3 is 0 Å². The third-order valence-electron chi connectivity index (χ3n) is 5.74. The molecule has 1 saturated heterocycles. The van der Waals surface area contributed by atoms with E-state index in [0.717, 1.165) is 5.56 Å². The van der Waals surface area contributed by atoms with Gasteiger partial charge in [0.1, 0.15) is 18.7 Å². The van der Waals surface area contributed by atoms with Gasteiger partial charge < -0.3 is 14.9 Å². The molecule has 168 valence electrons. The van der Waals surface area contributed by atoms with Crippen molar-refractivity contribution in [2.75, 3.05) is 11.5 Å². The molecule has 4 aromatic rings. The van der Waals surface area contributed by atoms with Gasteiger partial charge in [-0.15, -0.1) is 0 Å². The average molecular weight is 445 g/mol. The molecule has 1 fully saturated rings. The van der Waals surface area contributed by atoms with Crippen LogP contribution in [-0.2, 0) is 11.3 Å². The minimum atomic E-state index is -0.784. The number of aliphatic hydroxyl groups is 2. The summed E-state index contributed by atoms with van der Waals surface area (Å²) in [5.74, 6) is 0.176. The van der Waals surface area contributed by atoms with Crippen LogP contribution in [0, 0.1) is 0 Å². The van der Waals surface area contributed by atoms with Gasteiger partial charge in [0.25, 0.3) is 5.91 Å². The van der Waals surface area contributed by atoms with Gasteiger partial charge in [0.15, 0.2) is 17.0 Å². The number of anilines is 1. The lowest BCUT2D eigenvalue weighted by molar-refractivity contribution is -0.0432. The molecule has 2 aromatic heterocycles. The number of carbonyl (C=O) groups excluding carboxylic acids is 1. The summed E-state index contributed by atoms with van der Waals surface area (Å²) in [5, 5.41) is 19.5. The molecule has 5 rings (SSSR count). The Morgan fingerprint density at radius 3 is 2.48 bits per heavy atom. The Balaban J connectivity index is 1.56. The minimum Gasteiger partial charge on any atom is -0.394 e. The number of hydrogen-bond donors (Lipinski definition) is 2. The summed E-state index contributed by atoms with van der Waals surface area (Å²) >= 11 is 0. The van der Waals surface area contributed by atoms with E-state index >= 15 is 0 Å². The number of fused-ring (bicyclic) bond motifs is 1. The van der Waals surface area contributed by atoms with Crippen molar-refractivity contribution in [2.45, 2.75) is 31.4 Å². The SMILES string of the molecule is O=C(c1ccccc1)N(Cc1ccccc1)c1ncnc2c1ncn2[C@H]1C[C@H](O)[C@@H](CO)O1. The van der Waals surface area contributed by atoms with Gasteiger partial charge in [-0.25, -0.2) is 15.0 Å². The second-order valence-corrected chi connectivity index (χ2v) is 7.88. The largest absolute Gasteiger partial charge is 0.394 e. The Kier molecular flexibility index (Phi) is 5.82. The first-order valence-electron chi connectivity index (χ1n) is 10.7. The van der Waals surface area contributed by atoms with Crippen LogP contribution in [0.2, 0.25) is 0 Å². The number of carbonyl (C=O) groups is 1. The van der Waals surface area contributed by atoms with E-state index in [-0.39, 0.29) is 12.5 Å². The van der Waals surface area contributed by atoms with Gasteiger partial charge in [-0.1, -0.05) is 48.5 Å². The zero-order valence-corrected chi connectivity index (χ0v) is 17.7. The number of benzene rings is 2. The number of nitrogens with zero attached hydrogens (tertiary/aromatic N) is 5. The zero-order chi connectivity index (χ0) is 22.8. The van der Waals surface area contributed by atoms with E-state index in [4.69, 9.17) is 4.74 Å². The maximum Gasteiger partial charge on any atom is 0.259 e. The standard InChI is InChI=1S/C24H23N5O4/c30-13-19-18(31)11-20(33-19)29-15-27-21-22(25-14-26-23(21)29)28(12-16-7-3-1-4-8-16)24(32)17-9-5-2-6-10-17/h1-10,14-15,18-20,30-31H,11-13H2/t18-,19+,20+/m0/s1. The first-order valence-corrected chi connectivity index (χ1v) is 10.7. The Morgan fingerprint density at radius 1 is 1.06 bits per heavy atom. The normalized spacial score (nSPS) is 20.2. The van der Waals surface area contributed by atoms with Crippen molar-refractivity contribution >= 4 is 22.9 Å². The summed E-state index contributed by atoms with van der Waals surface area (Å²) in [4.78, 5) is 28.4. The van der Waals surface area contributed by atoms with E-state index < -0.39 is 18.4 Å². The van der Waals surface area contributed by atoms with Crippen LogP contribution in [0.4, 0.5) is 5.82 Å². The number of hydrogen-bond acceptors (Lipinski definition) is 7. The molecule has 3 atom stereocenters. The number of aliphatic hydroxyl groups excluding tert-OH is 2. The average Bonchev–Trinajstić information content (AvgIpc) is 3.46. The van der Waals surface area contributed by atoms with Crippen molar-refractivity contribution in [2.24, 2.45) is 0 Å². The first-order chi connectivity index (χ1) is 16.2. The highest BCUT2D eigenvalue weighted by molar-refractivity contribution is 6.08. The molecule has 0 saturated carbocycles. The van der Waals surface area contributed by atoms with Crippen molar-refractivity contribution in [1.82, 2.24) is 19.5 Å². The molecule has 1 aliphatic rings. The number of amides is 1. The predicted octanol–water partition coefficient (Wildman–Crippen LogP) is 2.31. The van der Waals surface area contributed by atoms with Gasteiger partial charge in [0.05, 0.1) is 25.6 Å². The number of rotatable bonds is 6. The summed E-state index contributed by atoms with van der Waals surface area (Å²) < 4.78 is 7.47. The summed E-state index contributed by atoms with van der Waals surface area (Å²) in [6, 6.07) is 18.7. The molecule has 0 spiro atoms. The van der Waals surface area contributed by atoms with Gasteiger partial charge in [-0.2, -0.15) is 0 Å². The Labute approximate surface area is 189 Å². The Morgan fingerprint density at radius 2 is 1.79 bits per heavy atom. The third kappa shape index (κ3) is 4.09. The monoisotopic (exact) mass is 445 g/mol. The van der Waals surface area contributed by atoms with Gasteiger partial charge in [0.2, 0.25) is 0 Å². The van der Waals surface area contributed by atoms with Crippen LogP contribution < -0.4 is 4.90 Å². The fraction of sp³-hybridized carbons (Fsp3) is 0.250. The van der Waals surface area contributed by atoms with Crippen LogP contribution in [0.15, 0.2) is 73.3 Å². The Bertz CT molecular complexity index is 1250. The smallest absolute Gasteiger partial charge is 0.259 e. The van der Waals surface area contributed by atoms with Crippen LogP contribution in [0.25, 0.3) is 11.2 Å². The molecule has 0 unspecified atom stereocenters. The van der Waals surface area contributed by atoms with E-state index in [0.29, 0.717) is 35.5 Å². The number of ether oxygens (including phenoxy) is 1. The van der Waals surface area contributed by atoms with E-state index in [1.54, 1.807) is 27.9 Å². The Hall–Kier alpha value is -3.66. The van der Waals surface area contributed by atoms with Crippen LogP contribution in [0.1, 0.15) is 28.6 Å². The second-order valence-electron chi connectivity index (χ2n) is 7.88. The van der Waals surface area contributed by atoms with E-state index in [1.165, 1.54) is 6.33 Å². The highest BCUT2D eigenvalue weighted by atomic mass is 16.5. The molecule has 9 nitrogen and oxygen atoms in total. The van der Waals surface area contributed by atoms with Gasteiger partial charge in [-0.3, -0.25) is 14.3 Å². The van der Waals surface area contributed by atoms with Crippen molar-refractivity contribution in [3.05, 3.63) is 84.4 Å². The molecule has 0 aliphatic carbocycles. The minimum absolute atomic E-state index is 0.207. The fourth-order valence-electron chi connectivity index (χ4n) is 4.04. The van der Waals surface area contributed by atoms with E-state index in [1.807, 2.05) is 48.5 Å². The molecular formula is C24H23N5O4. The molecule has 2 aromatic carbocycles. The highest BCUT2D eigenvalue weighted by Crippen LogP contribution is 2.32. The van der Waals surface area contributed by atoms with Crippen LogP contribution >= 0.6 is 0 Å². The maximum atomic E-state index is 13.5. The summed E-state index contributed by atoms with van der Waals surface area (Å²) in [7, 11) is 0. The quantitative estimate of drug-likeness (QED) is 0.468. The highest BCUT2D eigenvalue weighted by Gasteiger charge is 2.35. The molecule has 1 aliphatic heterocycles. The third-order valence-corrected chi connectivity index (χ3v) is 5.74. The number of aromatic nitrogens is 4. The van der Waals surface area contributed by atoms with Crippen molar-refractivity contribution in [1.29, 1.82) is 0 Å².